The van der Waals surface area contributed by atoms with Crippen LogP contribution in [0.15, 0.2) is 42.5 Å². The Labute approximate surface area is 163 Å². The van der Waals surface area contributed by atoms with Crippen LogP contribution in [0.25, 0.3) is 0 Å². The van der Waals surface area contributed by atoms with Crippen LogP contribution in [0.2, 0.25) is 5.02 Å². The molecule has 0 aromatic heterocycles. The molecule has 2 aromatic carbocycles. The van der Waals surface area contributed by atoms with E-state index in [1.54, 1.807) is 19.1 Å². The molecule has 6 heteroatoms. The van der Waals surface area contributed by atoms with Crippen molar-refractivity contribution in [2.24, 2.45) is 0 Å². The molecule has 0 aliphatic carbocycles. The minimum absolute atomic E-state index is 0.468. The van der Waals surface area contributed by atoms with Gasteiger partial charge in [-0.3, -0.25) is 0 Å². The molecule has 27 heavy (non-hydrogen) atoms. The highest BCUT2D eigenvalue weighted by Crippen LogP contribution is 2.39. The third kappa shape index (κ3) is 3.90. The molecule has 1 aliphatic heterocycles. The molecule has 3 rings (SSSR count). The SMILES string of the molecule is Cc1ccc(Cc2cc(C3(C)O[C@H](CO)[C@@H](O)[C@H](O)[C@H]3O)ccc2Cl)cc1. The molecular formula is C21H25ClO5. The van der Waals surface area contributed by atoms with E-state index in [0.29, 0.717) is 17.0 Å². The molecule has 0 spiro atoms. The van der Waals surface area contributed by atoms with E-state index in [-0.39, 0.29) is 0 Å². The predicted molar refractivity (Wildman–Crippen MR) is 103 cm³/mol. The minimum Gasteiger partial charge on any atom is -0.394 e. The highest BCUT2D eigenvalue weighted by molar-refractivity contribution is 6.31. The zero-order valence-electron chi connectivity index (χ0n) is 15.3. The Balaban J connectivity index is 1.95. The largest absolute Gasteiger partial charge is 0.394 e. The standard InChI is InChI=1S/C21H25ClO5/c1-12-3-5-13(6-4-12)9-14-10-15(7-8-16(14)22)21(2)20(26)19(25)18(24)17(11-23)27-21/h3-8,10,17-20,23-26H,9,11H2,1-2H3/t17-,18-,19+,20-,21?/m1/s1. The minimum atomic E-state index is -1.43. The molecule has 1 aliphatic rings. The van der Waals surface area contributed by atoms with Crippen molar-refractivity contribution in [1.82, 2.24) is 0 Å². The lowest BCUT2D eigenvalue weighted by atomic mass is 9.80. The van der Waals surface area contributed by atoms with Gasteiger partial charge in [0.05, 0.1) is 6.61 Å². The maximum absolute atomic E-state index is 10.6. The molecule has 4 N–H and O–H groups in total. The molecule has 1 heterocycles. The van der Waals surface area contributed by atoms with Gasteiger partial charge in [-0.25, -0.2) is 0 Å². The van der Waals surface area contributed by atoms with E-state index in [1.807, 2.05) is 37.3 Å². The average Bonchev–Trinajstić information content (AvgIpc) is 2.66. The molecule has 146 valence electrons. The van der Waals surface area contributed by atoms with Gasteiger partial charge in [0.25, 0.3) is 0 Å². The summed E-state index contributed by atoms with van der Waals surface area (Å²) in [6, 6.07) is 13.4. The van der Waals surface area contributed by atoms with Crippen LogP contribution in [-0.4, -0.2) is 51.4 Å². The summed E-state index contributed by atoms with van der Waals surface area (Å²) < 4.78 is 5.81. The highest BCUT2D eigenvalue weighted by atomic mass is 35.5. The summed E-state index contributed by atoms with van der Waals surface area (Å²) in [6.45, 7) is 3.19. The number of ether oxygens (including phenoxy) is 1. The molecule has 5 nitrogen and oxygen atoms in total. The summed E-state index contributed by atoms with van der Waals surface area (Å²) in [4.78, 5) is 0. The third-order valence-electron chi connectivity index (χ3n) is 5.33. The third-order valence-corrected chi connectivity index (χ3v) is 5.70. The molecule has 2 aromatic rings. The van der Waals surface area contributed by atoms with Crippen LogP contribution in [0.4, 0.5) is 0 Å². The molecule has 1 saturated heterocycles. The first-order valence-electron chi connectivity index (χ1n) is 8.93. The van der Waals surface area contributed by atoms with Crippen LogP contribution in [0.1, 0.15) is 29.2 Å². The normalized spacial score (nSPS) is 31.1. The first kappa shape index (κ1) is 20.3. The fraction of sp³-hybridized carbons (Fsp3) is 0.429. The van der Waals surface area contributed by atoms with Gasteiger partial charge in [0.1, 0.15) is 30.0 Å². The molecular weight excluding hydrogens is 368 g/mol. The van der Waals surface area contributed by atoms with Crippen molar-refractivity contribution >= 4 is 11.6 Å². The van der Waals surface area contributed by atoms with Crippen LogP contribution in [0, 0.1) is 6.92 Å². The summed E-state index contributed by atoms with van der Waals surface area (Å²) in [7, 11) is 0. The van der Waals surface area contributed by atoms with Gasteiger partial charge in [-0.2, -0.15) is 0 Å². The van der Waals surface area contributed by atoms with Gasteiger partial charge < -0.3 is 25.2 Å². The van der Waals surface area contributed by atoms with E-state index in [1.165, 1.54) is 5.56 Å². The van der Waals surface area contributed by atoms with E-state index < -0.39 is 36.6 Å². The van der Waals surface area contributed by atoms with E-state index in [9.17, 15) is 20.4 Å². The highest BCUT2D eigenvalue weighted by Gasteiger charge is 2.51. The van der Waals surface area contributed by atoms with Crippen LogP contribution in [-0.2, 0) is 16.8 Å². The number of hydrogen-bond donors (Lipinski definition) is 4. The Morgan fingerprint density at radius 1 is 1.04 bits per heavy atom. The maximum atomic E-state index is 10.6. The van der Waals surface area contributed by atoms with Crippen molar-refractivity contribution in [2.45, 2.75) is 50.3 Å². The Bertz CT molecular complexity index is 792. The molecule has 1 fully saturated rings. The fourth-order valence-corrected chi connectivity index (χ4v) is 3.70. The Morgan fingerprint density at radius 2 is 1.70 bits per heavy atom. The smallest absolute Gasteiger partial charge is 0.119 e. The summed E-state index contributed by atoms with van der Waals surface area (Å²) >= 11 is 6.37. The van der Waals surface area contributed by atoms with Crippen LogP contribution < -0.4 is 0 Å². The fourth-order valence-electron chi connectivity index (χ4n) is 3.52. The van der Waals surface area contributed by atoms with E-state index in [0.717, 1.165) is 11.1 Å². The molecule has 1 unspecified atom stereocenters. The molecule has 0 radical (unpaired) electrons. The molecule has 0 bridgehead atoms. The second-order valence-electron chi connectivity index (χ2n) is 7.34. The predicted octanol–water partition coefficient (Wildman–Crippen LogP) is 1.93. The van der Waals surface area contributed by atoms with Crippen molar-refractivity contribution in [3.63, 3.8) is 0 Å². The van der Waals surface area contributed by atoms with Crippen LogP contribution in [0.3, 0.4) is 0 Å². The van der Waals surface area contributed by atoms with Crippen LogP contribution in [0.5, 0.6) is 0 Å². The summed E-state index contributed by atoms with van der Waals surface area (Å²) in [5.41, 5.74) is 2.45. The Kier molecular flexibility index (Phi) is 5.91. The first-order chi connectivity index (χ1) is 12.8. The van der Waals surface area contributed by atoms with Crippen molar-refractivity contribution < 1.29 is 25.2 Å². The van der Waals surface area contributed by atoms with Crippen LogP contribution >= 0.6 is 11.6 Å². The van der Waals surface area contributed by atoms with Gasteiger partial charge in [-0.05, 0) is 43.0 Å². The zero-order chi connectivity index (χ0) is 19.8. The topological polar surface area (TPSA) is 90.2 Å². The first-order valence-corrected chi connectivity index (χ1v) is 9.31. The molecule has 5 atom stereocenters. The van der Waals surface area contributed by atoms with Crippen molar-refractivity contribution in [3.05, 3.63) is 69.7 Å². The van der Waals surface area contributed by atoms with E-state index in [4.69, 9.17) is 16.3 Å². The van der Waals surface area contributed by atoms with Gasteiger partial charge in [0.15, 0.2) is 0 Å². The van der Waals surface area contributed by atoms with Gasteiger partial charge in [-0.15, -0.1) is 0 Å². The number of aliphatic hydroxyl groups excluding tert-OH is 4. The summed E-state index contributed by atoms with van der Waals surface area (Å²) in [6.07, 6.45) is -4.55. The van der Waals surface area contributed by atoms with Gasteiger partial charge in [0, 0.05) is 5.02 Å². The number of rotatable bonds is 4. The summed E-state index contributed by atoms with van der Waals surface area (Å²) in [5.74, 6) is 0. The monoisotopic (exact) mass is 392 g/mol. The Hall–Kier alpha value is -1.47. The molecule has 0 saturated carbocycles. The zero-order valence-corrected chi connectivity index (χ0v) is 16.1. The van der Waals surface area contributed by atoms with Crippen molar-refractivity contribution in [3.8, 4) is 0 Å². The Morgan fingerprint density at radius 3 is 2.33 bits per heavy atom. The van der Waals surface area contributed by atoms with E-state index in [2.05, 4.69) is 0 Å². The summed E-state index contributed by atoms with van der Waals surface area (Å²) in [5, 5.41) is 40.8. The van der Waals surface area contributed by atoms with Gasteiger partial charge in [0.2, 0.25) is 0 Å². The average molecular weight is 393 g/mol. The lowest BCUT2D eigenvalue weighted by Crippen LogP contribution is -2.62. The molecule has 0 amide bonds. The lowest BCUT2D eigenvalue weighted by molar-refractivity contribution is -0.273. The van der Waals surface area contributed by atoms with Gasteiger partial charge in [-0.1, -0.05) is 53.6 Å². The number of aliphatic hydroxyl groups is 4. The van der Waals surface area contributed by atoms with Crippen molar-refractivity contribution in [1.29, 1.82) is 0 Å². The number of hydrogen-bond acceptors (Lipinski definition) is 5. The van der Waals surface area contributed by atoms with Gasteiger partial charge >= 0.3 is 0 Å². The second kappa shape index (κ2) is 7.87. The lowest BCUT2D eigenvalue weighted by Gasteiger charge is -2.47. The quantitative estimate of drug-likeness (QED) is 0.638. The second-order valence-corrected chi connectivity index (χ2v) is 7.75. The maximum Gasteiger partial charge on any atom is 0.119 e. The van der Waals surface area contributed by atoms with Crippen molar-refractivity contribution in [2.75, 3.05) is 6.61 Å². The number of aryl methyl sites for hydroxylation is 1. The number of halogens is 1. The number of benzene rings is 2. The van der Waals surface area contributed by atoms with E-state index >= 15 is 0 Å².